The van der Waals surface area contributed by atoms with Crippen LogP contribution in [0, 0.1) is 0 Å². The third-order valence-corrected chi connectivity index (χ3v) is 5.48. The zero-order chi connectivity index (χ0) is 20.4. The first kappa shape index (κ1) is 18.5. The molecule has 0 amide bonds. The van der Waals surface area contributed by atoms with E-state index in [0.29, 0.717) is 11.5 Å². The summed E-state index contributed by atoms with van der Waals surface area (Å²) in [5, 5.41) is 11.8. The Labute approximate surface area is 176 Å². The van der Waals surface area contributed by atoms with Crippen LogP contribution in [-0.4, -0.2) is 11.7 Å². The second-order valence-corrected chi connectivity index (χ2v) is 7.47. The van der Waals surface area contributed by atoms with Crippen LogP contribution < -0.4 is 9.47 Å². The molecule has 4 aromatic carbocycles. The monoisotopic (exact) mass is 394 g/mol. The number of benzene rings is 4. The molecule has 0 saturated carbocycles. The van der Waals surface area contributed by atoms with Crippen LogP contribution >= 0.6 is 0 Å². The summed E-state index contributed by atoms with van der Waals surface area (Å²) in [6.07, 6.45) is 0.757. The summed E-state index contributed by atoms with van der Waals surface area (Å²) in [5.41, 5.74) is 5.41. The van der Waals surface area contributed by atoms with Gasteiger partial charge in [0.1, 0.15) is 11.5 Å². The van der Waals surface area contributed by atoms with E-state index >= 15 is 0 Å². The fourth-order valence-corrected chi connectivity index (χ4v) is 4.07. The molecule has 1 aliphatic carbocycles. The van der Waals surface area contributed by atoms with Crippen molar-refractivity contribution < 1.29 is 14.6 Å². The molecule has 0 bridgehead atoms. The summed E-state index contributed by atoms with van der Waals surface area (Å²) in [6.45, 7) is -0.0291. The van der Waals surface area contributed by atoms with Crippen LogP contribution in [-0.2, 0) is 12.2 Å². The van der Waals surface area contributed by atoms with Crippen LogP contribution in [0.3, 0.4) is 0 Å². The third kappa shape index (κ3) is 3.44. The molecule has 0 heterocycles. The second-order valence-electron chi connectivity index (χ2n) is 7.47. The van der Waals surface area contributed by atoms with Gasteiger partial charge in [0.2, 0.25) is 0 Å². The van der Waals surface area contributed by atoms with E-state index in [-0.39, 0.29) is 6.61 Å². The van der Waals surface area contributed by atoms with Crippen molar-refractivity contribution in [2.24, 2.45) is 0 Å². The van der Waals surface area contributed by atoms with Crippen LogP contribution in [0.2, 0.25) is 0 Å². The Kier molecular flexibility index (Phi) is 4.74. The highest BCUT2D eigenvalue weighted by molar-refractivity contribution is 5.78. The standard InChI is InChI=1S/C27H22O3/c28-27(30-22-13-5-2-6-14-22,19-29-21-11-3-1-4-12-21)26-17-9-16-24-23-15-8-7-10-20(23)18-25(24)26/h1-17,28H,18-19H2. The molecule has 30 heavy (non-hydrogen) atoms. The normalized spacial score (nSPS) is 13.8. The Morgan fingerprint density at radius 2 is 1.30 bits per heavy atom. The summed E-state index contributed by atoms with van der Waals surface area (Å²) in [6, 6.07) is 33.2. The average Bonchev–Trinajstić information content (AvgIpc) is 3.18. The number of para-hydroxylation sites is 2. The van der Waals surface area contributed by atoms with E-state index in [2.05, 4.69) is 24.3 Å². The van der Waals surface area contributed by atoms with E-state index in [4.69, 9.17) is 9.47 Å². The Bertz CT molecular complexity index is 1160. The number of fused-ring (bicyclic) bond motifs is 3. The van der Waals surface area contributed by atoms with Gasteiger partial charge in [0.05, 0.1) is 0 Å². The van der Waals surface area contributed by atoms with E-state index in [0.717, 1.165) is 23.1 Å². The minimum Gasteiger partial charge on any atom is -0.486 e. The van der Waals surface area contributed by atoms with Crippen LogP contribution in [0.15, 0.2) is 103 Å². The highest BCUT2D eigenvalue weighted by Crippen LogP contribution is 2.41. The predicted octanol–water partition coefficient (Wildman–Crippen LogP) is 5.56. The molecular weight excluding hydrogens is 372 g/mol. The average molecular weight is 394 g/mol. The van der Waals surface area contributed by atoms with Gasteiger partial charge in [0.15, 0.2) is 6.61 Å². The van der Waals surface area contributed by atoms with Crippen LogP contribution in [0.1, 0.15) is 16.7 Å². The maximum atomic E-state index is 11.8. The molecule has 0 saturated heterocycles. The maximum absolute atomic E-state index is 11.8. The molecule has 0 fully saturated rings. The molecular formula is C27H22O3. The van der Waals surface area contributed by atoms with Gasteiger partial charge in [0, 0.05) is 5.56 Å². The van der Waals surface area contributed by atoms with E-state index < -0.39 is 5.79 Å². The number of hydrogen-bond acceptors (Lipinski definition) is 3. The quantitative estimate of drug-likeness (QED) is 0.383. The summed E-state index contributed by atoms with van der Waals surface area (Å²) >= 11 is 0. The lowest BCUT2D eigenvalue weighted by atomic mass is 9.95. The van der Waals surface area contributed by atoms with Gasteiger partial charge >= 0.3 is 0 Å². The molecule has 0 radical (unpaired) electrons. The van der Waals surface area contributed by atoms with Gasteiger partial charge in [0.25, 0.3) is 5.79 Å². The number of hydrogen-bond donors (Lipinski definition) is 1. The van der Waals surface area contributed by atoms with Crippen molar-refractivity contribution >= 4 is 0 Å². The molecule has 0 aromatic heterocycles. The molecule has 1 unspecified atom stereocenters. The molecule has 1 N–H and O–H groups in total. The summed E-state index contributed by atoms with van der Waals surface area (Å²) in [4.78, 5) is 0. The van der Waals surface area contributed by atoms with E-state index in [9.17, 15) is 5.11 Å². The highest BCUT2D eigenvalue weighted by atomic mass is 16.6. The predicted molar refractivity (Wildman–Crippen MR) is 118 cm³/mol. The number of rotatable bonds is 6. The highest BCUT2D eigenvalue weighted by Gasteiger charge is 2.38. The lowest BCUT2D eigenvalue weighted by Gasteiger charge is -2.31. The van der Waals surface area contributed by atoms with E-state index in [1.165, 1.54) is 11.1 Å². The Morgan fingerprint density at radius 1 is 0.667 bits per heavy atom. The largest absolute Gasteiger partial charge is 0.486 e. The molecule has 3 heteroatoms. The molecule has 5 rings (SSSR count). The second kappa shape index (κ2) is 7.69. The van der Waals surface area contributed by atoms with Gasteiger partial charge in [-0.15, -0.1) is 0 Å². The molecule has 0 spiro atoms. The van der Waals surface area contributed by atoms with Gasteiger partial charge in [-0.05, 0) is 52.9 Å². The maximum Gasteiger partial charge on any atom is 0.269 e. The Morgan fingerprint density at radius 3 is 2.07 bits per heavy atom. The minimum atomic E-state index is -1.63. The van der Waals surface area contributed by atoms with Crippen LogP contribution in [0.4, 0.5) is 0 Å². The lowest BCUT2D eigenvalue weighted by molar-refractivity contribution is -0.168. The molecule has 3 nitrogen and oxygen atoms in total. The van der Waals surface area contributed by atoms with Crippen LogP contribution in [0.5, 0.6) is 11.5 Å². The zero-order valence-corrected chi connectivity index (χ0v) is 16.5. The molecule has 0 aliphatic heterocycles. The lowest BCUT2D eigenvalue weighted by Crippen LogP contribution is -2.40. The summed E-state index contributed by atoms with van der Waals surface area (Å²) < 4.78 is 12.1. The molecule has 4 aromatic rings. The third-order valence-electron chi connectivity index (χ3n) is 5.48. The van der Waals surface area contributed by atoms with Crippen molar-refractivity contribution in [2.75, 3.05) is 6.61 Å². The topological polar surface area (TPSA) is 38.7 Å². The SMILES string of the molecule is OC(COc1ccccc1)(Oc1ccccc1)c1cccc2c1Cc1ccccc1-2. The minimum absolute atomic E-state index is 0.0291. The first-order valence-corrected chi connectivity index (χ1v) is 10.1. The van der Waals surface area contributed by atoms with Crippen molar-refractivity contribution in [3.8, 4) is 22.6 Å². The fourth-order valence-electron chi connectivity index (χ4n) is 4.07. The van der Waals surface area contributed by atoms with Crippen molar-refractivity contribution in [2.45, 2.75) is 12.2 Å². The summed E-state index contributed by atoms with van der Waals surface area (Å²) in [7, 11) is 0. The van der Waals surface area contributed by atoms with Gasteiger partial charge in [-0.3, -0.25) is 0 Å². The van der Waals surface area contributed by atoms with Crippen molar-refractivity contribution in [1.29, 1.82) is 0 Å². The fraction of sp³-hybridized carbons (Fsp3) is 0.111. The van der Waals surface area contributed by atoms with Gasteiger partial charge in [-0.25, -0.2) is 0 Å². The molecule has 1 atom stereocenters. The van der Waals surface area contributed by atoms with E-state index in [1.54, 1.807) is 0 Å². The van der Waals surface area contributed by atoms with Gasteiger partial charge in [-0.2, -0.15) is 0 Å². The van der Waals surface area contributed by atoms with Gasteiger partial charge in [-0.1, -0.05) is 78.9 Å². The number of aliphatic hydroxyl groups is 1. The van der Waals surface area contributed by atoms with Crippen molar-refractivity contribution in [1.82, 2.24) is 0 Å². The zero-order valence-electron chi connectivity index (χ0n) is 16.5. The van der Waals surface area contributed by atoms with Crippen molar-refractivity contribution in [3.63, 3.8) is 0 Å². The van der Waals surface area contributed by atoms with E-state index in [1.807, 2.05) is 78.9 Å². The van der Waals surface area contributed by atoms with Crippen LogP contribution in [0.25, 0.3) is 11.1 Å². The Balaban J connectivity index is 1.55. The summed E-state index contributed by atoms with van der Waals surface area (Å²) in [5.74, 6) is -0.363. The molecule has 148 valence electrons. The van der Waals surface area contributed by atoms with Crippen molar-refractivity contribution in [3.05, 3.63) is 120 Å². The smallest absolute Gasteiger partial charge is 0.269 e. The Hall–Kier alpha value is -3.56. The first-order valence-electron chi connectivity index (χ1n) is 10.1. The first-order chi connectivity index (χ1) is 14.7. The van der Waals surface area contributed by atoms with Gasteiger partial charge < -0.3 is 14.6 Å². The number of ether oxygens (including phenoxy) is 2. The molecule has 1 aliphatic rings.